The Morgan fingerprint density at radius 1 is 1.06 bits per heavy atom. The van der Waals surface area contributed by atoms with Crippen LogP contribution >= 0.6 is 23.2 Å². The van der Waals surface area contributed by atoms with Crippen molar-refractivity contribution < 1.29 is 14.3 Å². The summed E-state index contributed by atoms with van der Waals surface area (Å²) < 4.78 is 9.80. The van der Waals surface area contributed by atoms with Crippen LogP contribution in [0.4, 0.5) is 0 Å². The second-order valence-electron chi connectivity index (χ2n) is 3.28. The Labute approximate surface area is 104 Å². The number of ether oxygens (including phenoxy) is 2. The van der Waals surface area contributed by atoms with E-state index < -0.39 is 5.97 Å². The normalized spacial score (nSPS) is 10.1. The van der Waals surface area contributed by atoms with Gasteiger partial charge in [0.1, 0.15) is 5.56 Å². The van der Waals surface area contributed by atoms with Crippen LogP contribution in [0.3, 0.4) is 0 Å². The van der Waals surface area contributed by atoms with Gasteiger partial charge in [0.25, 0.3) is 0 Å². The van der Waals surface area contributed by atoms with Crippen LogP contribution in [0.15, 0.2) is 0 Å². The summed E-state index contributed by atoms with van der Waals surface area (Å²) >= 11 is 12.1. The number of halogens is 2. The van der Waals surface area contributed by atoms with Crippen molar-refractivity contribution in [1.82, 2.24) is 0 Å². The average Bonchev–Trinajstić information content (AvgIpc) is 2.29. The fraction of sp³-hybridized carbons (Fsp3) is 0.364. The molecule has 0 amide bonds. The second-order valence-corrected chi connectivity index (χ2v) is 4.03. The lowest BCUT2D eigenvalue weighted by molar-refractivity contribution is 0.0596. The maximum atomic E-state index is 11.6. The Balaban J connectivity index is 3.64. The average molecular weight is 263 g/mol. The smallest absolute Gasteiger partial charge is 0.342 e. The minimum absolute atomic E-state index is 0.269. The Kier molecular flexibility index (Phi) is 4.05. The predicted octanol–water partition coefficient (Wildman–Crippen LogP) is 3.41. The van der Waals surface area contributed by atoms with Gasteiger partial charge < -0.3 is 9.47 Å². The molecule has 0 aliphatic carbocycles. The number of hydrogen-bond donors (Lipinski definition) is 0. The van der Waals surface area contributed by atoms with Crippen LogP contribution in [-0.4, -0.2) is 20.2 Å². The quantitative estimate of drug-likeness (QED) is 0.767. The highest BCUT2D eigenvalue weighted by atomic mass is 35.5. The van der Waals surface area contributed by atoms with Gasteiger partial charge in [-0.25, -0.2) is 4.79 Å². The van der Waals surface area contributed by atoms with E-state index in [-0.39, 0.29) is 5.56 Å². The van der Waals surface area contributed by atoms with Crippen LogP contribution in [0, 0.1) is 13.8 Å². The SMILES string of the molecule is COC(=O)c1c(C)c(Cl)c(C)c(Cl)c1OC. The maximum Gasteiger partial charge on any atom is 0.342 e. The van der Waals surface area contributed by atoms with Crippen molar-refractivity contribution in [2.45, 2.75) is 13.8 Å². The van der Waals surface area contributed by atoms with Gasteiger partial charge >= 0.3 is 5.97 Å². The predicted molar refractivity (Wildman–Crippen MR) is 63.8 cm³/mol. The van der Waals surface area contributed by atoms with Crippen LogP contribution < -0.4 is 4.74 Å². The third-order valence-corrected chi connectivity index (χ3v) is 3.40. The zero-order chi connectivity index (χ0) is 12.5. The Hall–Kier alpha value is -0.930. The molecule has 0 atom stereocenters. The third-order valence-electron chi connectivity index (χ3n) is 2.38. The molecule has 1 aromatic rings. The first kappa shape index (κ1) is 13.1. The first-order chi connectivity index (χ1) is 7.45. The lowest BCUT2D eigenvalue weighted by atomic mass is 10.0. The molecule has 0 bridgehead atoms. The Morgan fingerprint density at radius 2 is 1.62 bits per heavy atom. The monoisotopic (exact) mass is 262 g/mol. The van der Waals surface area contributed by atoms with E-state index in [9.17, 15) is 4.79 Å². The molecule has 88 valence electrons. The standard InChI is InChI=1S/C11H12Cl2O3/c1-5-7(11(14)16-4)10(15-3)9(13)6(2)8(5)12/h1-4H3. The molecule has 0 N–H and O–H groups in total. The van der Waals surface area contributed by atoms with Crippen LogP contribution in [0.2, 0.25) is 10.0 Å². The summed E-state index contributed by atoms with van der Waals surface area (Å²) in [6, 6.07) is 0. The molecule has 0 radical (unpaired) electrons. The summed E-state index contributed by atoms with van der Waals surface area (Å²) in [4.78, 5) is 11.6. The van der Waals surface area contributed by atoms with Gasteiger partial charge in [-0.2, -0.15) is 0 Å². The van der Waals surface area contributed by atoms with E-state index in [1.165, 1.54) is 14.2 Å². The van der Waals surface area contributed by atoms with Crippen molar-refractivity contribution in [3.05, 3.63) is 26.7 Å². The molecule has 0 saturated carbocycles. The van der Waals surface area contributed by atoms with E-state index in [0.717, 1.165) is 0 Å². The number of methoxy groups -OCH3 is 2. The molecule has 0 aliphatic rings. The number of esters is 1. The molecule has 0 saturated heterocycles. The van der Waals surface area contributed by atoms with E-state index in [0.29, 0.717) is 26.9 Å². The number of carbonyl (C=O) groups excluding carboxylic acids is 1. The van der Waals surface area contributed by atoms with Gasteiger partial charge in [-0.1, -0.05) is 23.2 Å². The molecule has 0 unspecified atom stereocenters. The summed E-state index contributed by atoms with van der Waals surface area (Å²) in [6.45, 7) is 3.49. The van der Waals surface area contributed by atoms with E-state index in [1.807, 2.05) is 0 Å². The fourth-order valence-electron chi connectivity index (χ4n) is 1.48. The summed E-state index contributed by atoms with van der Waals surface area (Å²) in [5.41, 5.74) is 1.56. The summed E-state index contributed by atoms with van der Waals surface area (Å²) in [7, 11) is 2.74. The molecule has 1 rings (SSSR count). The van der Waals surface area contributed by atoms with Crippen molar-refractivity contribution in [3.8, 4) is 5.75 Å². The highest BCUT2D eigenvalue weighted by Crippen LogP contribution is 2.39. The largest absolute Gasteiger partial charge is 0.494 e. The topological polar surface area (TPSA) is 35.5 Å². The van der Waals surface area contributed by atoms with E-state index >= 15 is 0 Å². The van der Waals surface area contributed by atoms with Gasteiger partial charge in [0.2, 0.25) is 0 Å². The third kappa shape index (κ3) is 1.97. The second kappa shape index (κ2) is 4.93. The maximum absolute atomic E-state index is 11.6. The minimum atomic E-state index is -0.516. The van der Waals surface area contributed by atoms with Gasteiger partial charge in [-0.15, -0.1) is 0 Å². The summed E-state index contributed by atoms with van der Waals surface area (Å²) in [5.74, 6) is -0.217. The van der Waals surface area contributed by atoms with Crippen LogP contribution in [-0.2, 0) is 4.74 Å². The zero-order valence-electron chi connectivity index (χ0n) is 9.48. The Morgan fingerprint density at radius 3 is 2.06 bits per heavy atom. The Bertz CT molecular complexity index is 442. The van der Waals surface area contributed by atoms with Crippen LogP contribution in [0.25, 0.3) is 0 Å². The molecule has 3 nitrogen and oxygen atoms in total. The molecule has 5 heteroatoms. The molecule has 0 spiro atoms. The van der Waals surface area contributed by atoms with Crippen molar-refractivity contribution in [2.24, 2.45) is 0 Å². The van der Waals surface area contributed by atoms with Crippen molar-refractivity contribution >= 4 is 29.2 Å². The highest BCUT2D eigenvalue weighted by molar-refractivity contribution is 6.38. The molecular formula is C11H12Cl2O3. The van der Waals surface area contributed by atoms with Gasteiger partial charge in [0, 0.05) is 5.02 Å². The molecule has 0 fully saturated rings. The summed E-state index contributed by atoms with van der Waals surface area (Å²) in [5, 5.41) is 0.782. The molecule has 0 heterocycles. The number of rotatable bonds is 2. The van der Waals surface area contributed by atoms with E-state index in [1.54, 1.807) is 13.8 Å². The van der Waals surface area contributed by atoms with Gasteiger partial charge in [-0.3, -0.25) is 0 Å². The van der Waals surface area contributed by atoms with Crippen molar-refractivity contribution in [3.63, 3.8) is 0 Å². The fourth-order valence-corrected chi connectivity index (χ4v) is 1.98. The molecule has 0 aliphatic heterocycles. The van der Waals surface area contributed by atoms with Crippen molar-refractivity contribution in [2.75, 3.05) is 14.2 Å². The molecule has 1 aromatic carbocycles. The molecular weight excluding hydrogens is 251 g/mol. The van der Waals surface area contributed by atoms with E-state index in [2.05, 4.69) is 4.74 Å². The van der Waals surface area contributed by atoms with Gasteiger partial charge in [-0.05, 0) is 25.0 Å². The van der Waals surface area contributed by atoms with Crippen LogP contribution in [0.1, 0.15) is 21.5 Å². The summed E-state index contributed by atoms with van der Waals surface area (Å²) in [6.07, 6.45) is 0. The number of carbonyl (C=O) groups is 1. The first-order valence-electron chi connectivity index (χ1n) is 4.56. The molecule has 16 heavy (non-hydrogen) atoms. The first-order valence-corrected chi connectivity index (χ1v) is 5.31. The highest BCUT2D eigenvalue weighted by Gasteiger charge is 2.23. The molecule has 0 aromatic heterocycles. The minimum Gasteiger partial charge on any atom is -0.494 e. The lowest BCUT2D eigenvalue weighted by Crippen LogP contribution is -2.08. The number of hydrogen-bond acceptors (Lipinski definition) is 3. The number of benzene rings is 1. The van der Waals surface area contributed by atoms with Crippen LogP contribution in [0.5, 0.6) is 5.75 Å². The van der Waals surface area contributed by atoms with E-state index in [4.69, 9.17) is 27.9 Å². The van der Waals surface area contributed by atoms with Gasteiger partial charge in [0.05, 0.1) is 19.2 Å². The van der Waals surface area contributed by atoms with Gasteiger partial charge in [0.15, 0.2) is 5.75 Å². The lowest BCUT2D eigenvalue weighted by Gasteiger charge is -2.15. The zero-order valence-corrected chi connectivity index (χ0v) is 11.0. The van der Waals surface area contributed by atoms with Crippen molar-refractivity contribution in [1.29, 1.82) is 0 Å².